The first-order valence-corrected chi connectivity index (χ1v) is 5.92. The van der Waals surface area contributed by atoms with Crippen LogP contribution < -0.4 is 0 Å². The second kappa shape index (κ2) is 6.04. The molecule has 1 N–H and O–H groups in total. The summed E-state index contributed by atoms with van der Waals surface area (Å²) in [6.45, 7) is 1.81. The van der Waals surface area contributed by atoms with Crippen LogP contribution in [0.25, 0.3) is 0 Å². The molecule has 1 aliphatic heterocycles. The first kappa shape index (κ1) is 13.1. The van der Waals surface area contributed by atoms with Crippen molar-refractivity contribution in [1.29, 1.82) is 0 Å². The van der Waals surface area contributed by atoms with Gasteiger partial charge in [-0.2, -0.15) is 0 Å². The maximum atomic E-state index is 12.8. The van der Waals surface area contributed by atoms with E-state index >= 15 is 0 Å². The van der Waals surface area contributed by atoms with Crippen LogP contribution in [-0.4, -0.2) is 54.7 Å². The number of rotatable bonds is 4. The van der Waals surface area contributed by atoms with E-state index in [4.69, 9.17) is 4.74 Å². The third kappa shape index (κ3) is 3.13. The summed E-state index contributed by atoms with van der Waals surface area (Å²) in [7, 11) is 0. The van der Waals surface area contributed by atoms with Gasteiger partial charge in [0.05, 0.1) is 32.4 Å². The number of hydrogen-bond donors (Lipinski definition) is 1. The zero-order chi connectivity index (χ0) is 13.0. The average molecular weight is 253 g/mol. The number of benzene rings is 1. The molecule has 1 aromatic carbocycles. The minimum atomic E-state index is -0.355. The highest BCUT2D eigenvalue weighted by atomic mass is 19.1. The standard InChI is InChI=1S/C13H16FNO3/c14-11-3-1-10(2-4-11)13(17)7-15-5-6-18-9-12(15)8-16/h1-4,12,16H,5-9H2. The number of morpholine rings is 1. The molecule has 5 heteroatoms. The van der Waals surface area contributed by atoms with E-state index in [0.29, 0.717) is 25.3 Å². The van der Waals surface area contributed by atoms with Crippen LogP contribution in [0.1, 0.15) is 10.4 Å². The molecule has 0 saturated carbocycles. The minimum absolute atomic E-state index is 0.0311. The van der Waals surface area contributed by atoms with Crippen LogP contribution in [-0.2, 0) is 4.74 Å². The topological polar surface area (TPSA) is 49.8 Å². The molecule has 0 bridgehead atoms. The number of Topliss-reactive ketones (excluding diaryl/α,β-unsaturated/α-hetero) is 1. The Kier molecular flexibility index (Phi) is 4.41. The summed E-state index contributed by atoms with van der Waals surface area (Å²) in [5.74, 6) is -0.429. The number of carbonyl (C=O) groups is 1. The van der Waals surface area contributed by atoms with Crippen LogP contribution in [0.2, 0.25) is 0 Å². The first-order valence-electron chi connectivity index (χ1n) is 5.92. The number of ketones is 1. The second-order valence-corrected chi connectivity index (χ2v) is 4.31. The zero-order valence-electron chi connectivity index (χ0n) is 10.0. The van der Waals surface area contributed by atoms with Gasteiger partial charge < -0.3 is 9.84 Å². The van der Waals surface area contributed by atoms with Crippen molar-refractivity contribution in [2.24, 2.45) is 0 Å². The van der Waals surface area contributed by atoms with Crippen LogP contribution in [0.3, 0.4) is 0 Å². The summed E-state index contributed by atoms with van der Waals surface area (Å²) in [6.07, 6.45) is 0. The van der Waals surface area contributed by atoms with E-state index in [1.807, 2.05) is 4.90 Å². The Hall–Kier alpha value is -1.30. The van der Waals surface area contributed by atoms with Gasteiger partial charge in [-0.05, 0) is 24.3 Å². The van der Waals surface area contributed by atoms with Gasteiger partial charge >= 0.3 is 0 Å². The molecule has 2 rings (SSSR count). The Balaban J connectivity index is 1.99. The van der Waals surface area contributed by atoms with Gasteiger partial charge in [0.25, 0.3) is 0 Å². The number of carbonyl (C=O) groups excluding carboxylic acids is 1. The molecule has 1 aliphatic rings. The number of aliphatic hydroxyl groups is 1. The fourth-order valence-electron chi connectivity index (χ4n) is 1.98. The molecular formula is C13H16FNO3. The van der Waals surface area contributed by atoms with Crippen LogP contribution in [0.15, 0.2) is 24.3 Å². The number of hydrogen-bond acceptors (Lipinski definition) is 4. The van der Waals surface area contributed by atoms with Crippen LogP contribution in [0.5, 0.6) is 0 Å². The van der Waals surface area contributed by atoms with Gasteiger partial charge in [-0.1, -0.05) is 0 Å². The Morgan fingerprint density at radius 3 is 2.83 bits per heavy atom. The predicted octanol–water partition coefficient (Wildman–Crippen LogP) is 0.701. The second-order valence-electron chi connectivity index (χ2n) is 4.31. The van der Waals surface area contributed by atoms with Gasteiger partial charge in [0, 0.05) is 12.1 Å². The van der Waals surface area contributed by atoms with E-state index in [-0.39, 0.29) is 30.8 Å². The van der Waals surface area contributed by atoms with Crippen LogP contribution in [0, 0.1) is 5.82 Å². The summed E-state index contributed by atoms with van der Waals surface area (Å²) in [4.78, 5) is 13.9. The molecule has 4 nitrogen and oxygen atoms in total. The Bertz CT molecular complexity index is 407. The number of halogens is 1. The summed E-state index contributed by atoms with van der Waals surface area (Å²) in [5.41, 5.74) is 0.486. The van der Waals surface area contributed by atoms with Crippen molar-refractivity contribution in [3.05, 3.63) is 35.6 Å². The molecule has 0 aromatic heterocycles. The van der Waals surface area contributed by atoms with Crippen molar-refractivity contribution < 1.29 is 19.0 Å². The van der Waals surface area contributed by atoms with Gasteiger partial charge in [-0.3, -0.25) is 9.69 Å². The maximum Gasteiger partial charge on any atom is 0.176 e. The lowest BCUT2D eigenvalue weighted by atomic mass is 10.1. The summed E-state index contributed by atoms with van der Waals surface area (Å²) in [6, 6.07) is 5.37. The van der Waals surface area contributed by atoms with E-state index in [1.54, 1.807) is 0 Å². The number of aliphatic hydroxyl groups excluding tert-OH is 1. The highest BCUT2D eigenvalue weighted by molar-refractivity contribution is 5.97. The molecule has 1 heterocycles. The molecule has 98 valence electrons. The van der Waals surface area contributed by atoms with Gasteiger partial charge in [-0.25, -0.2) is 4.39 Å². The normalized spacial score (nSPS) is 20.9. The monoisotopic (exact) mass is 253 g/mol. The fraction of sp³-hybridized carbons (Fsp3) is 0.462. The van der Waals surface area contributed by atoms with Crippen LogP contribution >= 0.6 is 0 Å². The van der Waals surface area contributed by atoms with E-state index < -0.39 is 0 Å². The Labute approximate surface area is 105 Å². The SMILES string of the molecule is O=C(CN1CCOCC1CO)c1ccc(F)cc1. The quantitative estimate of drug-likeness (QED) is 0.803. The van der Waals surface area contributed by atoms with E-state index in [1.165, 1.54) is 24.3 Å². The Morgan fingerprint density at radius 1 is 1.44 bits per heavy atom. The molecule has 0 spiro atoms. The third-order valence-corrected chi connectivity index (χ3v) is 3.07. The molecule has 0 amide bonds. The summed E-state index contributed by atoms with van der Waals surface area (Å²) in [5, 5.41) is 9.20. The van der Waals surface area contributed by atoms with Crippen molar-refractivity contribution in [2.45, 2.75) is 6.04 Å². The van der Waals surface area contributed by atoms with Gasteiger partial charge in [0.2, 0.25) is 0 Å². The smallest absolute Gasteiger partial charge is 0.176 e. The lowest BCUT2D eigenvalue weighted by molar-refractivity contribution is -0.0240. The maximum absolute atomic E-state index is 12.8. The van der Waals surface area contributed by atoms with E-state index in [9.17, 15) is 14.3 Å². The zero-order valence-corrected chi connectivity index (χ0v) is 10.0. The van der Waals surface area contributed by atoms with Gasteiger partial charge in [-0.15, -0.1) is 0 Å². The lowest BCUT2D eigenvalue weighted by Gasteiger charge is -2.33. The van der Waals surface area contributed by atoms with Crippen molar-refractivity contribution in [1.82, 2.24) is 4.90 Å². The van der Waals surface area contributed by atoms with Crippen molar-refractivity contribution in [3.63, 3.8) is 0 Å². The Morgan fingerprint density at radius 2 is 2.17 bits per heavy atom. The fourth-order valence-corrected chi connectivity index (χ4v) is 1.98. The first-order chi connectivity index (χ1) is 8.70. The summed E-state index contributed by atoms with van der Waals surface area (Å²) >= 11 is 0. The van der Waals surface area contributed by atoms with Crippen molar-refractivity contribution in [2.75, 3.05) is 32.9 Å². The number of nitrogens with zero attached hydrogens (tertiary/aromatic N) is 1. The molecule has 1 saturated heterocycles. The molecule has 18 heavy (non-hydrogen) atoms. The predicted molar refractivity (Wildman–Crippen MR) is 64.0 cm³/mol. The molecule has 1 unspecified atom stereocenters. The van der Waals surface area contributed by atoms with E-state index in [2.05, 4.69) is 0 Å². The van der Waals surface area contributed by atoms with E-state index in [0.717, 1.165) is 0 Å². The highest BCUT2D eigenvalue weighted by Gasteiger charge is 2.24. The van der Waals surface area contributed by atoms with Crippen molar-refractivity contribution in [3.8, 4) is 0 Å². The molecule has 0 aliphatic carbocycles. The molecule has 1 aromatic rings. The molecule has 0 radical (unpaired) electrons. The largest absolute Gasteiger partial charge is 0.395 e. The average Bonchev–Trinajstić information content (AvgIpc) is 2.40. The molecule has 1 fully saturated rings. The highest BCUT2D eigenvalue weighted by Crippen LogP contribution is 2.09. The number of ether oxygens (including phenoxy) is 1. The van der Waals surface area contributed by atoms with Gasteiger partial charge in [0.15, 0.2) is 5.78 Å². The van der Waals surface area contributed by atoms with Crippen molar-refractivity contribution >= 4 is 5.78 Å². The summed E-state index contributed by atoms with van der Waals surface area (Å²) < 4.78 is 18.0. The third-order valence-electron chi connectivity index (χ3n) is 3.07. The minimum Gasteiger partial charge on any atom is -0.395 e. The van der Waals surface area contributed by atoms with Gasteiger partial charge in [0.1, 0.15) is 5.82 Å². The molecular weight excluding hydrogens is 237 g/mol. The lowest BCUT2D eigenvalue weighted by Crippen LogP contribution is -2.49. The molecule has 1 atom stereocenters. The van der Waals surface area contributed by atoms with Crippen LogP contribution in [0.4, 0.5) is 4.39 Å².